The molecule has 2 nitrogen and oxygen atoms in total. The summed E-state index contributed by atoms with van der Waals surface area (Å²) in [5.74, 6) is 0.916. The summed E-state index contributed by atoms with van der Waals surface area (Å²) in [6.45, 7) is 9.11. The van der Waals surface area contributed by atoms with Gasteiger partial charge in [-0.15, -0.1) is 0 Å². The summed E-state index contributed by atoms with van der Waals surface area (Å²) >= 11 is 0. The van der Waals surface area contributed by atoms with Crippen LogP contribution in [0, 0.1) is 0 Å². The van der Waals surface area contributed by atoms with E-state index in [9.17, 15) is 0 Å². The van der Waals surface area contributed by atoms with Crippen LogP contribution in [0.25, 0.3) is 0 Å². The number of fused-ring (bicyclic) bond motifs is 1. The standard InChI is InChI=1S/C14H21NO/c1-13(2)9-14(3,4)15-12-8-10(16-5)6-7-11(12)13/h6-8,15H,9H2,1-5H3. The highest BCUT2D eigenvalue weighted by Gasteiger charge is 2.36. The summed E-state index contributed by atoms with van der Waals surface area (Å²) in [5.41, 5.74) is 2.95. The summed E-state index contributed by atoms with van der Waals surface area (Å²) in [5, 5.41) is 3.59. The van der Waals surface area contributed by atoms with Gasteiger partial charge >= 0.3 is 0 Å². The number of methoxy groups -OCH3 is 1. The van der Waals surface area contributed by atoms with Crippen molar-refractivity contribution in [3.8, 4) is 5.75 Å². The number of anilines is 1. The lowest BCUT2D eigenvalue weighted by Crippen LogP contribution is -2.43. The van der Waals surface area contributed by atoms with E-state index in [0.717, 1.165) is 12.2 Å². The van der Waals surface area contributed by atoms with E-state index in [4.69, 9.17) is 4.74 Å². The quantitative estimate of drug-likeness (QED) is 0.779. The van der Waals surface area contributed by atoms with Crippen LogP contribution in [-0.4, -0.2) is 12.6 Å². The Labute approximate surface area is 98.0 Å². The Kier molecular flexibility index (Phi) is 2.41. The molecule has 0 aromatic heterocycles. The Morgan fingerprint density at radius 3 is 2.50 bits per heavy atom. The lowest BCUT2D eigenvalue weighted by Gasteiger charge is -2.43. The Hall–Kier alpha value is -1.18. The van der Waals surface area contributed by atoms with E-state index in [-0.39, 0.29) is 11.0 Å². The largest absolute Gasteiger partial charge is 0.497 e. The second-order valence-electron chi connectivity index (χ2n) is 5.98. The van der Waals surface area contributed by atoms with Gasteiger partial charge in [0.05, 0.1) is 7.11 Å². The minimum absolute atomic E-state index is 0.142. The first-order valence-electron chi connectivity index (χ1n) is 5.81. The van der Waals surface area contributed by atoms with Gasteiger partial charge in [0.15, 0.2) is 0 Å². The molecule has 1 heterocycles. The molecule has 0 unspecified atom stereocenters. The van der Waals surface area contributed by atoms with Gasteiger partial charge in [0, 0.05) is 17.3 Å². The van der Waals surface area contributed by atoms with Gasteiger partial charge in [0.25, 0.3) is 0 Å². The Morgan fingerprint density at radius 1 is 1.19 bits per heavy atom. The van der Waals surface area contributed by atoms with Crippen LogP contribution in [0.5, 0.6) is 5.75 Å². The van der Waals surface area contributed by atoms with Crippen LogP contribution in [-0.2, 0) is 5.41 Å². The molecule has 2 rings (SSSR count). The van der Waals surface area contributed by atoms with Crippen LogP contribution < -0.4 is 10.1 Å². The van der Waals surface area contributed by atoms with E-state index in [1.54, 1.807) is 7.11 Å². The SMILES string of the molecule is COc1ccc2c(c1)NC(C)(C)CC2(C)C. The van der Waals surface area contributed by atoms with Gasteiger partial charge in [-0.25, -0.2) is 0 Å². The zero-order valence-corrected chi connectivity index (χ0v) is 10.8. The van der Waals surface area contributed by atoms with Crippen LogP contribution in [0.2, 0.25) is 0 Å². The van der Waals surface area contributed by atoms with Crippen molar-refractivity contribution in [1.82, 2.24) is 0 Å². The second kappa shape index (κ2) is 3.41. The molecule has 1 aromatic rings. The van der Waals surface area contributed by atoms with Gasteiger partial charge in [0.1, 0.15) is 5.75 Å². The minimum atomic E-state index is 0.142. The molecule has 0 radical (unpaired) electrons. The third kappa shape index (κ3) is 1.89. The molecule has 0 atom stereocenters. The van der Waals surface area contributed by atoms with E-state index < -0.39 is 0 Å². The van der Waals surface area contributed by atoms with Crippen molar-refractivity contribution in [1.29, 1.82) is 0 Å². The number of ether oxygens (including phenoxy) is 1. The monoisotopic (exact) mass is 219 g/mol. The highest BCUT2D eigenvalue weighted by Crippen LogP contribution is 2.43. The number of hydrogen-bond acceptors (Lipinski definition) is 2. The van der Waals surface area contributed by atoms with Crippen LogP contribution in [0.3, 0.4) is 0 Å². The molecule has 1 aliphatic rings. The highest BCUT2D eigenvalue weighted by molar-refractivity contribution is 5.61. The average Bonchev–Trinajstić information content (AvgIpc) is 2.13. The van der Waals surface area contributed by atoms with E-state index in [2.05, 4.69) is 45.1 Å². The van der Waals surface area contributed by atoms with Crippen molar-refractivity contribution in [2.75, 3.05) is 12.4 Å². The van der Waals surface area contributed by atoms with Crippen LogP contribution in [0.4, 0.5) is 5.69 Å². The normalized spacial score (nSPS) is 20.8. The van der Waals surface area contributed by atoms with Crippen molar-refractivity contribution < 1.29 is 4.74 Å². The lowest BCUT2D eigenvalue weighted by atomic mass is 9.71. The molecule has 2 heteroatoms. The Balaban J connectivity index is 2.51. The van der Waals surface area contributed by atoms with Crippen molar-refractivity contribution in [3.63, 3.8) is 0 Å². The summed E-state index contributed by atoms with van der Waals surface area (Å²) in [7, 11) is 1.71. The molecule has 0 saturated heterocycles. The maximum atomic E-state index is 5.28. The molecule has 0 spiro atoms. The van der Waals surface area contributed by atoms with Crippen LogP contribution in [0.1, 0.15) is 39.7 Å². The maximum absolute atomic E-state index is 5.28. The number of benzene rings is 1. The fourth-order valence-corrected chi connectivity index (χ4v) is 2.95. The molecule has 1 aromatic carbocycles. The van der Waals surface area contributed by atoms with Crippen LogP contribution in [0.15, 0.2) is 18.2 Å². The number of hydrogen-bond donors (Lipinski definition) is 1. The molecular weight excluding hydrogens is 198 g/mol. The Morgan fingerprint density at radius 2 is 1.88 bits per heavy atom. The highest BCUT2D eigenvalue weighted by atomic mass is 16.5. The topological polar surface area (TPSA) is 21.3 Å². The second-order valence-corrected chi connectivity index (χ2v) is 5.98. The molecule has 0 aliphatic carbocycles. The van der Waals surface area contributed by atoms with Gasteiger partial charge in [-0.2, -0.15) is 0 Å². The van der Waals surface area contributed by atoms with E-state index in [0.29, 0.717) is 0 Å². The van der Waals surface area contributed by atoms with Gasteiger partial charge < -0.3 is 10.1 Å². The van der Waals surface area contributed by atoms with Gasteiger partial charge in [-0.05, 0) is 37.3 Å². The molecule has 0 fully saturated rings. The zero-order chi connectivity index (χ0) is 12.0. The third-order valence-corrected chi connectivity index (χ3v) is 3.31. The predicted molar refractivity (Wildman–Crippen MR) is 68.3 cm³/mol. The van der Waals surface area contributed by atoms with Gasteiger partial charge in [0.2, 0.25) is 0 Å². The molecular formula is C14H21NO. The molecule has 0 amide bonds. The van der Waals surface area contributed by atoms with Crippen molar-refractivity contribution in [2.24, 2.45) is 0 Å². The molecule has 88 valence electrons. The first-order chi connectivity index (χ1) is 7.34. The van der Waals surface area contributed by atoms with Crippen molar-refractivity contribution >= 4 is 5.69 Å². The summed E-state index contributed by atoms with van der Waals surface area (Å²) in [6, 6.07) is 6.31. The van der Waals surface area contributed by atoms with E-state index in [1.807, 2.05) is 6.07 Å². The molecule has 0 bridgehead atoms. The summed E-state index contributed by atoms with van der Waals surface area (Å²) in [4.78, 5) is 0. The van der Waals surface area contributed by atoms with Crippen molar-refractivity contribution in [3.05, 3.63) is 23.8 Å². The van der Waals surface area contributed by atoms with E-state index >= 15 is 0 Å². The molecule has 1 aliphatic heterocycles. The molecule has 0 saturated carbocycles. The Bertz CT molecular complexity index is 407. The number of rotatable bonds is 1. The molecule has 1 N–H and O–H groups in total. The minimum Gasteiger partial charge on any atom is -0.497 e. The van der Waals surface area contributed by atoms with Gasteiger partial charge in [-0.1, -0.05) is 19.9 Å². The fourth-order valence-electron chi connectivity index (χ4n) is 2.95. The van der Waals surface area contributed by atoms with Gasteiger partial charge in [-0.3, -0.25) is 0 Å². The summed E-state index contributed by atoms with van der Waals surface area (Å²) < 4.78 is 5.28. The lowest BCUT2D eigenvalue weighted by molar-refractivity contribution is 0.354. The first-order valence-corrected chi connectivity index (χ1v) is 5.81. The zero-order valence-electron chi connectivity index (χ0n) is 10.8. The first kappa shape index (κ1) is 11.3. The fraction of sp³-hybridized carbons (Fsp3) is 0.571. The predicted octanol–water partition coefficient (Wildman–Crippen LogP) is 3.57. The maximum Gasteiger partial charge on any atom is 0.120 e. The smallest absolute Gasteiger partial charge is 0.120 e. The molecule has 16 heavy (non-hydrogen) atoms. The average molecular weight is 219 g/mol. The third-order valence-electron chi connectivity index (χ3n) is 3.31. The number of nitrogens with one attached hydrogen (secondary N) is 1. The van der Waals surface area contributed by atoms with Crippen LogP contribution >= 0.6 is 0 Å². The summed E-state index contributed by atoms with van der Waals surface area (Å²) in [6.07, 6.45) is 1.14. The van der Waals surface area contributed by atoms with E-state index in [1.165, 1.54) is 11.3 Å². The van der Waals surface area contributed by atoms with Crippen molar-refractivity contribution in [2.45, 2.75) is 45.1 Å².